The van der Waals surface area contributed by atoms with Crippen molar-refractivity contribution in [2.24, 2.45) is 0 Å². The van der Waals surface area contributed by atoms with Crippen LogP contribution in [0.25, 0.3) is 0 Å². The predicted octanol–water partition coefficient (Wildman–Crippen LogP) is 5.92. The summed E-state index contributed by atoms with van der Waals surface area (Å²) in [6.07, 6.45) is 1.76. The Hall–Kier alpha value is -3.03. The van der Waals surface area contributed by atoms with Crippen molar-refractivity contribution in [2.45, 2.75) is 31.9 Å². The van der Waals surface area contributed by atoms with Gasteiger partial charge in [-0.2, -0.15) is 0 Å². The van der Waals surface area contributed by atoms with E-state index in [1.165, 1.54) is 0 Å². The molecule has 0 aliphatic carbocycles. The molecule has 6 nitrogen and oxygen atoms in total. The Kier molecular flexibility index (Phi) is 8.54. The molecule has 1 heterocycles. The second-order valence-corrected chi connectivity index (χ2v) is 10.3. The molecule has 0 aromatic heterocycles. The molecule has 4 rings (SSSR count). The van der Waals surface area contributed by atoms with Crippen LogP contribution < -0.4 is 15.0 Å². The number of nitrogens with one attached hydrogen (secondary N) is 1. The van der Waals surface area contributed by atoms with Gasteiger partial charge in [-0.15, -0.1) is 0 Å². The summed E-state index contributed by atoms with van der Waals surface area (Å²) < 4.78 is 6.75. The van der Waals surface area contributed by atoms with Crippen molar-refractivity contribution in [1.29, 1.82) is 0 Å². The van der Waals surface area contributed by atoms with Crippen LogP contribution in [0.5, 0.6) is 5.75 Å². The molecule has 3 aromatic carbocycles. The summed E-state index contributed by atoms with van der Waals surface area (Å²) in [5.74, 6) is 0.498. The van der Waals surface area contributed by atoms with Gasteiger partial charge in [0.1, 0.15) is 18.4 Å². The summed E-state index contributed by atoms with van der Waals surface area (Å²) in [6, 6.07) is 20.3. The van der Waals surface area contributed by atoms with Crippen LogP contribution in [-0.2, 0) is 22.6 Å². The Labute approximate surface area is 225 Å². The third kappa shape index (κ3) is 6.59. The van der Waals surface area contributed by atoms with Crippen LogP contribution in [0.1, 0.15) is 24.0 Å². The van der Waals surface area contributed by atoms with Gasteiger partial charge in [0, 0.05) is 47.1 Å². The summed E-state index contributed by atoms with van der Waals surface area (Å²) in [4.78, 5) is 29.7. The van der Waals surface area contributed by atoms with Crippen LogP contribution in [0.2, 0.25) is 5.02 Å². The molecule has 3 aromatic rings. The number of rotatable bonds is 8. The standard InChI is InChI=1S/C28H29BrClN3O3/c1-32(2)23-11-5-19(6-12-23)16-27(34)33-15-3-4-26(33)28(35)31-22-9-13-24(14-10-22)36-18-20-7-8-21(30)17-25(20)29/h5-14,17,26H,3-4,15-16,18H2,1-2H3,(H,31,35). The van der Waals surface area contributed by atoms with Crippen LogP contribution in [0.4, 0.5) is 11.4 Å². The lowest BCUT2D eigenvalue weighted by atomic mass is 10.1. The van der Waals surface area contributed by atoms with E-state index in [-0.39, 0.29) is 18.2 Å². The fourth-order valence-electron chi connectivity index (χ4n) is 4.19. The molecular formula is C28H29BrClN3O3. The number of likely N-dealkylation sites (tertiary alicyclic amines) is 1. The van der Waals surface area contributed by atoms with Gasteiger partial charge in [0.2, 0.25) is 11.8 Å². The zero-order valence-corrected chi connectivity index (χ0v) is 22.7. The van der Waals surface area contributed by atoms with E-state index in [4.69, 9.17) is 16.3 Å². The van der Waals surface area contributed by atoms with E-state index in [9.17, 15) is 9.59 Å². The number of halogens is 2. The van der Waals surface area contributed by atoms with E-state index >= 15 is 0 Å². The Morgan fingerprint density at radius 1 is 1.08 bits per heavy atom. The maximum absolute atomic E-state index is 13.0. The average Bonchev–Trinajstić information content (AvgIpc) is 3.35. The van der Waals surface area contributed by atoms with Gasteiger partial charge in [0.05, 0.1) is 6.42 Å². The molecule has 0 saturated carbocycles. The zero-order valence-electron chi connectivity index (χ0n) is 20.3. The number of nitrogens with zero attached hydrogens (tertiary/aromatic N) is 2. The monoisotopic (exact) mass is 569 g/mol. The Morgan fingerprint density at radius 3 is 2.47 bits per heavy atom. The third-order valence-electron chi connectivity index (χ3n) is 6.22. The smallest absolute Gasteiger partial charge is 0.247 e. The van der Waals surface area contributed by atoms with Gasteiger partial charge < -0.3 is 19.9 Å². The molecule has 0 radical (unpaired) electrons. The summed E-state index contributed by atoms with van der Waals surface area (Å²) in [6.45, 7) is 0.986. The molecule has 2 amide bonds. The van der Waals surface area contributed by atoms with E-state index in [0.717, 1.165) is 27.7 Å². The third-order valence-corrected chi connectivity index (χ3v) is 7.19. The summed E-state index contributed by atoms with van der Waals surface area (Å²) in [5, 5.41) is 3.61. The van der Waals surface area contributed by atoms with Crippen molar-refractivity contribution in [3.63, 3.8) is 0 Å². The minimum atomic E-state index is -0.461. The molecule has 8 heteroatoms. The highest BCUT2D eigenvalue weighted by Crippen LogP contribution is 2.25. The predicted molar refractivity (Wildman–Crippen MR) is 148 cm³/mol. The highest BCUT2D eigenvalue weighted by Gasteiger charge is 2.34. The zero-order chi connectivity index (χ0) is 25.7. The summed E-state index contributed by atoms with van der Waals surface area (Å²) in [7, 11) is 3.96. The van der Waals surface area contributed by atoms with Gasteiger partial charge in [0.25, 0.3) is 0 Å². The average molecular weight is 571 g/mol. The molecule has 188 valence electrons. The molecule has 1 unspecified atom stereocenters. The largest absolute Gasteiger partial charge is 0.489 e. The van der Waals surface area contributed by atoms with Crippen molar-refractivity contribution in [3.05, 3.63) is 87.4 Å². The molecule has 1 fully saturated rings. The van der Waals surface area contributed by atoms with Crippen molar-refractivity contribution in [1.82, 2.24) is 4.90 Å². The maximum Gasteiger partial charge on any atom is 0.247 e. The lowest BCUT2D eigenvalue weighted by Crippen LogP contribution is -2.43. The van der Waals surface area contributed by atoms with Gasteiger partial charge in [-0.3, -0.25) is 9.59 Å². The van der Waals surface area contributed by atoms with Gasteiger partial charge >= 0.3 is 0 Å². The van der Waals surface area contributed by atoms with Crippen molar-refractivity contribution in [2.75, 3.05) is 30.9 Å². The van der Waals surface area contributed by atoms with Gasteiger partial charge in [-0.25, -0.2) is 0 Å². The summed E-state index contributed by atoms with van der Waals surface area (Å²) >= 11 is 9.48. The molecular weight excluding hydrogens is 542 g/mol. The number of ether oxygens (including phenoxy) is 1. The highest BCUT2D eigenvalue weighted by atomic mass is 79.9. The molecule has 1 aliphatic rings. The van der Waals surface area contributed by atoms with E-state index in [1.807, 2.05) is 73.6 Å². The van der Waals surface area contributed by atoms with Crippen LogP contribution >= 0.6 is 27.5 Å². The topological polar surface area (TPSA) is 61.9 Å². The molecule has 36 heavy (non-hydrogen) atoms. The Morgan fingerprint density at radius 2 is 1.81 bits per heavy atom. The van der Waals surface area contributed by atoms with E-state index in [1.54, 1.807) is 17.0 Å². The van der Waals surface area contributed by atoms with Crippen molar-refractivity contribution >= 4 is 50.7 Å². The number of benzene rings is 3. The minimum absolute atomic E-state index is 0.0256. The number of amides is 2. The first kappa shape index (κ1) is 26.0. The first-order valence-corrected chi connectivity index (χ1v) is 13.0. The summed E-state index contributed by atoms with van der Waals surface area (Å²) in [5.41, 5.74) is 3.67. The molecule has 1 aliphatic heterocycles. The number of hydrogen-bond acceptors (Lipinski definition) is 4. The van der Waals surface area contributed by atoms with Crippen LogP contribution in [0, 0.1) is 0 Å². The quantitative estimate of drug-likeness (QED) is 0.365. The van der Waals surface area contributed by atoms with E-state index < -0.39 is 6.04 Å². The van der Waals surface area contributed by atoms with Crippen LogP contribution in [-0.4, -0.2) is 43.4 Å². The van der Waals surface area contributed by atoms with Crippen molar-refractivity contribution < 1.29 is 14.3 Å². The Bertz CT molecular complexity index is 1220. The normalized spacial score (nSPS) is 15.0. The highest BCUT2D eigenvalue weighted by molar-refractivity contribution is 9.10. The first-order chi connectivity index (χ1) is 17.3. The minimum Gasteiger partial charge on any atom is -0.489 e. The molecule has 1 atom stereocenters. The molecule has 1 saturated heterocycles. The fraction of sp³-hybridized carbons (Fsp3) is 0.286. The fourth-order valence-corrected chi connectivity index (χ4v) is 4.98. The second kappa shape index (κ2) is 11.8. The van der Waals surface area contributed by atoms with E-state index in [0.29, 0.717) is 36.0 Å². The van der Waals surface area contributed by atoms with Crippen molar-refractivity contribution in [3.8, 4) is 5.75 Å². The number of carbonyl (C=O) groups is 2. The van der Waals surface area contributed by atoms with Gasteiger partial charge in [-0.1, -0.05) is 45.7 Å². The van der Waals surface area contributed by atoms with Gasteiger partial charge in [-0.05, 0) is 66.9 Å². The first-order valence-electron chi connectivity index (χ1n) is 11.8. The van der Waals surface area contributed by atoms with Crippen LogP contribution in [0.15, 0.2) is 71.2 Å². The molecule has 0 spiro atoms. The number of anilines is 2. The lowest BCUT2D eigenvalue weighted by Gasteiger charge is -2.24. The van der Waals surface area contributed by atoms with Crippen LogP contribution in [0.3, 0.4) is 0 Å². The Balaban J connectivity index is 1.31. The SMILES string of the molecule is CN(C)c1ccc(CC(=O)N2CCCC2C(=O)Nc2ccc(OCc3ccc(Cl)cc3Br)cc2)cc1. The van der Waals surface area contributed by atoms with E-state index in [2.05, 4.69) is 21.2 Å². The number of hydrogen-bond donors (Lipinski definition) is 1. The lowest BCUT2D eigenvalue weighted by molar-refractivity contribution is -0.136. The maximum atomic E-state index is 13.0. The van der Waals surface area contributed by atoms with Gasteiger partial charge in [0.15, 0.2) is 0 Å². The molecule has 1 N–H and O–H groups in total. The second-order valence-electron chi connectivity index (χ2n) is 9.02. The number of carbonyl (C=O) groups excluding carboxylic acids is 2. The molecule has 0 bridgehead atoms.